The van der Waals surface area contributed by atoms with E-state index in [1.165, 1.54) is 31.6 Å². The van der Waals surface area contributed by atoms with Crippen LogP contribution in [0.15, 0.2) is 39.6 Å². The second-order valence-corrected chi connectivity index (χ2v) is 4.50. The van der Waals surface area contributed by atoms with Crippen LogP contribution in [0.3, 0.4) is 0 Å². The van der Waals surface area contributed by atoms with E-state index in [2.05, 4.69) is 21.2 Å². The number of hydrogen-bond donors (Lipinski definition) is 2. The number of nitrogens with one attached hydrogen (secondary N) is 1. The first-order valence-corrected chi connectivity index (χ1v) is 6.28. The number of benzene rings is 1. The van der Waals surface area contributed by atoms with Crippen LogP contribution in [-0.4, -0.2) is 24.1 Å². The smallest absolute Gasteiger partial charge is 0.337 e. The van der Waals surface area contributed by atoms with Crippen molar-refractivity contribution in [2.24, 2.45) is 0 Å². The van der Waals surface area contributed by atoms with E-state index in [0.717, 1.165) is 0 Å². The van der Waals surface area contributed by atoms with Gasteiger partial charge < -0.3 is 19.6 Å². The van der Waals surface area contributed by atoms with Gasteiger partial charge in [-0.25, -0.2) is 4.79 Å². The van der Waals surface area contributed by atoms with Gasteiger partial charge in [0.25, 0.3) is 5.91 Å². The summed E-state index contributed by atoms with van der Waals surface area (Å²) in [6.07, 6.45) is 1.35. The Labute approximate surface area is 122 Å². The van der Waals surface area contributed by atoms with Crippen molar-refractivity contribution in [3.8, 4) is 5.75 Å². The Morgan fingerprint density at radius 3 is 2.60 bits per heavy atom. The highest BCUT2D eigenvalue weighted by Gasteiger charge is 2.17. The average Bonchev–Trinajstić information content (AvgIpc) is 2.85. The lowest BCUT2D eigenvalue weighted by Gasteiger charge is -2.09. The summed E-state index contributed by atoms with van der Waals surface area (Å²) in [4.78, 5) is 23.2. The third-order valence-electron chi connectivity index (χ3n) is 2.57. The predicted octanol–water partition coefficient (Wildman–Crippen LogP) is 3.00. The fourth-order valence-corrected chi connectivity index (χ4v) is 2.00. The number of halogens is 1. The summed E-state index contributed by atoms with van der Waals surface area (Å²) in [5.41, 5.74) is 0.394. The van der Waals surface area contributed by atoms with Crippen LogP contribution in [0.2, 0.25) is 0 Å². The number of rotatable bonds is 4. The van der Waals surface area contributed by atoms with Gasteiger partial charge in [0.15, 0.2) is 4.67 Å². The van der Waals surface area contributed by atoms with Crippen molar-refractivity contribution in [1.82, 2.24) is 0 Å². The molecule has 2 rings (SSSR count). The van der Waals surface area contributed by atoms with Gasteiger partial charge in [-0.3, -0.25) is 4.79 Å². The van der Waals surface area contributed by atoms with Gasteiger partial charge in [-0.2, -0.15) is 0 Å². The van der Waals surface area contributed by atoms with E-state index in [1.54, 1.807) is 6.07 Å². The predicted molar refractivity (Wildman–Crippen MR) is 74.3 cm³/mol. The van der Waals surface area contributed by atoms with Crippen molar-refractivity contribution in [2.75, 3.05) is 12.4 Å². The van der Waals surface area contributed by atoms with Gasteiger partial charge >= 0.3 is 5.97 Å². The molecule has 0 aliphatic rings. The molecule has 6 nitrogen and oxygen atoms in total. The van der Waals surface area contributed by atoms with Gasteiger partial charge in [0.2, 0.25) is 0 Å². The van der Waals surface area contributed by atoms with Crippen molar-refractivity contribution in [3.05, 3.63) is 46.3 Å². The maximum atomic E-state index is 12.0. The molecule has 20 heavy (non-hydrogen) atoms. The molecule has 0 spiro atoms. The number of methoxy groups -OCH3 is 1. The summed E-state index contributed by atoms with van der Waals surface area (Å²) in [6, 6.07) is 5.84. The molecule has 0 bridgehead atoms. The molecular formula is C13H10BrNO5. The maximum absolute atomic E-state index is 12.0. The Kier molecular flexibility index (Phi) is 4.09. The summed E-state index contributed by atoms with van der Waals surface area (Å²) in [7, 11) is 1.43. The van der Waals surface area contributed by atoms with Crippen LogP contribution in [0, 0.1) is 0 Å². The number of ether oxygens (including phenoxy) is 1. The van der Waals surface area contributed by atoms with Gasteiger partial charge in [0.05, 0.1) is 30.2 Å². The van der Waals surface area contributed by atoms with Crippen LogP contribution in [0.4, 0.5) is 5.69 Å². The van der Waals surface area contributed by atoms with Crippen LogP contribution >= 0.6 is 15.9 Å². The minimum atomic E-state index is -1.16. The number of furan rings is 1. The van der Waals surface area contributed by atoms with E-state index in [1.807, 2.05) is 0 Å². The van der Waals surface area contributed by atoms with Gasteiger partial charge in [-0.05, 0) is 40.2 Å². The molecule has 0 fully saturated rings. The Morgan fingerprint density at radius 2 is 2.05 bits per heavy atom. The lowest BCUT2D eigenvalue weighted by Crippen LogP contribution is -2.14. The van der Waals surface area contributed by atoms with E-state index >= 15 is 0 Å². The summed E-state index contributed by atoms with van der Waals surface area (Å²) < 4.78 is 10.2. The van der Waals surface area contributed by atoms with E-state index in [-0.39, 0.29) is 21.5 Å². The topological polar surface area (TPSA) is 88.8 Å². The molecule has 1 aromatic heterocycles. The molecule has 0 saturated carbocycles. The second kappa shape index (κ2) is 5.79. The first kappa shape index (κ1) is 14.1. The molecular weight excluding hydrogens is 330 g/mol. The van der Waals surface area contributed by atoms with Crippen molar-refractivity contribution in [1.29, 1.82) is 0 Å². The van der Waals surface area contributed by atoms with E-state index in [4.69, 9.17) is 14.3 Å². The standard InChI is InChI=1S/C13H10BrNO5/c1-19-7-2-3-10(9(6-7)13(17)18)15-12(16)8-4-5-20-11(8)14/h2-6H,1H3,(H,15,16)(H,17,18). The number of carboxylic acid groups (broad SMARTS) is 1. The molecule has 0 aliphatic heterocycles. The molecule has 104 valence electrons. The quantitative estimate of drug-likeness (QED) is 0.893. The zero-order valence-corrected chi connectivity index (χ0v) is 11.9. The molecule has 0 radical (unpaired) electrons. The number of aromatic carboxylic acids is 1. The lowest BCUT2D eigenvalue weighted by molar-refractivity contribution is 0.0697. The first-order chi connectivity index (χ1) is 9.52. The number of hydrogen-bond acceptors (Lipinski definition) is 4. The van der Waals surface area contributed by atoms with Crippen molar-refractivity contribution < 1.29 is 23.8 Å². The molecule has 7 heteroatoms. The van der Waals surface area contributed by atoms with Crippen molar-refractivity contribution >= 4 is 33.5 Å². The van der Waals surface area contributed by atoms with Gasteiger partial charge in [0, 0.05) is 0 Å². The zero-order valence-electron chi connectivity index (χ0n) is 10.3. The molecule has 0 unspecified atom stereocenters. The highest BCUT2D eigenvalue weighted by molar-refractivity contribution is 9.10. The summed E-state index contributed by atoms with van der Waals surface area (Å²) >= 11 is 3.09. The van der Waals surface area contributed by atoms with Gasteiger partial charge in [0.1, 0.15) is 5.75 Å². The van der Waals surface area contributed by atoms with Crippen LogP contribution in [-0.2, 0) is 0 Å². The number of carbonyl (C=O) groups is 2. The van der Waals surface area contributed by atoms with Crippen LogP contribution in [0.5, 0.6) is 5.75 Å². The fourth-order valence-electron chi connectivity index (χ4n) is 1.58. The summed E-state index contributed by atoms with van der Waals surface area (Å²) in [6.45, 7) is 0. The Hall–Kier alpha value is -2.28. The van der Waals surface area contributed by atoms with Crippen molar-refractivity contribution in [2.45, 2.75) is 0 Å². The maximum Gasteiger partial charge on any atom is 0.337 e. The molecule has 1 aromatic carbocycles. The van der Waals surface area contributed by atoms with E-state index < -0.39 is 11.9 Å². The zero-order chi connectivity index (χ0) is 14.7. The molecule has 1 amide bonds. The molecule has 0 saturated heterocycles. The molecule has 1 heterocycles. The Balaban J connectivity index is 2.32. The molecule has 2 aromatic rings. The minimum absolute atomic E-state index is 0.0580. The SMILES string of the molecule is COc1ccc(NC(=O)c2ccoc2Br)c(C(=O)O)c1. The summed E-state index contributed by atoms with van der Waals surface area (Å²) in [5, 5.41) is 11.7. The molecule has 0 aliphatic carbocycles. The molecule has 2 N–H and O–H groups in total. The third-order valence-corrected chi connectivity index (χ3v) is 3.18. The van der Waals surface area contributed by atoms with Crippen LogP contribution in [0.1, 0.15) is 20.7 Å². The third kappa shape index (κ3) is 2.83. The molecule has 0 atom stereocenters. The van der Waals surface area contributed by atoms with Gasteiger partial charge in [-0.15, -0.1) is 0 Å². The van der Waals surface area contributed by atoms with Gasteiger partial charge in [-0.1, -0.05) is 0 Å². The lowest BCUT2D eigenvalue weighted by atomic mass is 10.1. The Morgan fingerprint density at radius 1 is 1.30 bits per heavy atom. The Bertz CT molecular complexity index is 665. The van der Waals surface area contributed by atoms with E-state index in [0.29, 0.717) is 5.75 Å². The normalized spacial score (nSPS) is 10.1. The highest BCUT2D eigenvalue weighted by Crippen LogP contribution is 2.24. The monoisotopic (exact) mass is 339 g/mol. The minimum Gasteiger partial charge on any atom is -0.497 e. The first-order valence-electron chi connectivity index (χ1n) is 5.48. The van der Waals surface area contributed by atoms with E-state index in [9.17, 15) is 9.59 Å². The summed E-state index contributed by atoms with van der Waals surface area (Å²) in [5.74, 6) is -1.24. The van der Waals surface area contributed by atoms with Crippen molar-refractivity contribution in [3.63, 3.8) is 0 Å². The number of anilines is 1. The number of carboxylic acids is 1. The second-order valence-electron chi connectivity index (χ2n) is 3.78. The number of amides is 1. The number of carbonyl (C=O) groups excluding carboxylic acids is 1. The average molecular weight is 340 g/mol. The van der Waals surface area contributed by atoms with Crippen LogP contribution < -0.4 is 10.1 Å². The largest absolute Gasteiger partial charge is 0.497 e. The highest BCUT2D eigenvalue weighted by atomic mass is 79.9. The van der Waals surface area contributed by atoms with Crippen LogP contribution in [0.25, 0.3) is 0 Å². The fraction of sp³-hybridized carbons (Fsp3) is 0.0769.